The van der Waals surface area contributed by atoms with Gasteiger partial charge >= 0.3 is 0 Å². The first-order valence-corrected chi connectivity index (χ1v) is 6.59. The number of carbonyl (C=O) groups excluding carboxylic acids is 1. The molecule has 16 heavy (non-hydrogen) atoms. The molecule has 1 unspecified atom stereocenters. The normalized spacial score (nSPS) is 12.4. The number of hydrogen-bond donors (Lipinski definition) is 1. The molecule has 0 aromatic rings. The molecule has 0 saturated carbocycles. The molecule has 1 amide bonds. The Kier molecular flexibility index (Phi) is 10.5. The van der Waals surface area contributed by atoms with E-state index in [2.05, 4.69) is 19.2 Å². The minimum Gasteiger partial charge on any atom is -0.378 e. The Morgan fingerprint density at radius 3 is 2.56 bits per heavy atom. The average Bonchev–Trinajstić information content (AvgIpc) is 2.27. The molecule has 0 spiro atoms. The first-order chi connectivity index (χ1) is 7.70. The van der Waals surface area contributed by atoms with Crippen molar-refractivity contribution in [2.45, 2.75) is 65.4 Å². The number of ether oxygens (including phenoxy) is 1. The van der Waals surface area contributed by atoms with E-state index in [4.69, 9.17) is 4.74 Å². The highest BCUT2D eigenvalue weighted by Crippen LogP contribution is 2.03. The van der Waals surface area contributed by atoms with Gasteiger partial charge in [-0.25, -0.2) is 0 Å². The van der Waals surface area contributed by atoms with Gasteiger partial charge in [-0.2, -0.15) is 0 Å². The van der Waals surface area contributed by atoms with Crippen LogP contribution in [-0.4, -0.2) is 25.2 Å². The minimum atomic E-state index is 0.152. The Balaban J connectivity index is 3.36. The molecule has 1 atom stereocenters. The molecule has 3 heteroatoms. The summed E-state index contributed by atoms with van der Waals surface area (Å²) in [5.41, 5.74) is 0. The van der Waals surface area contributed by atoms with Crippen molar-refractivity contribution in [3.63, 3.8) is 0 Å². The van der Waals surface area contributed by atoms with Gasteiger partial charge in [0.2, 0.25) is 5.91 Å². The molecule has 96 valence electrons. The summed E-state index contributed by atoms with van der Waals surface area (Å²) in [6.45, 7) is 7.93. The van der Waals surface area contributed by atoms with Crippen molar-refractivity contribution < 1.29 is 9.53 Å². The highest BCUT2D eigenvalue weighted by molar-refractivity contribution is 5.75. The second-order valence-electron chi connectivity index (χ2n) is 4.28. The predicted molar refractivity (Wildman–Crippen MR) is 67.5 cm³/mol. The molecule has 0 aliphatic rings. The molecule has 0 radical (unpaired) electrons. The lowest BCUT2D eigenvalue weighted by atomic mass is 10.2. The third kappa shape index (κ3) is 9.97. The molecule has 0 rings (SSSR count). The zero-order valence-corrected chi connectivity index (χ0v) is 11.1. The van der Waals surface area contributed by atoms with Gasteiger partial charge in [-0.3, -0.25) is 4.79 Å². The van der Waals surface area contributed by atoms with E-state index in [1.54, 1.807) is 0 Å². The van der Waals surface area contributed by atoms with Crippen molar-refractivity contribution in [1.29, 1.82) is 0 Å². The molecule has 0 aromatic carbocycles. The van der Waals surface area contributed by atoms with Gasteiger partial charge in [0.25, 0.3) is 0 Å². The second-order valence-corrected chi connectivity index (χ2v) is 4.28. The molecule has 0 saturated heterocycles. The van der Waals surface area contributed by atoms with Crippen LogP contribution in [0.5, 0.6) is 0 Å². The number of carbonyl (C=O) groups is 1. The van der Waals surface area contributed by atoms with Gasteiger partial charge in [0.15, 0.2) is 0 Å². The molecule has 0 aliphatic heterocycles. The zero-order valence-electron chi connectivity index (χ0n) is 11.1. The van der Waals surface area contributed by atoms with Crippen molar-refractivity contribution in [3.8, 4) is 0 Å². The summed E-state index contributed by atoms with van der Waals surface area (Å²) in [6, 6.07) is 0. The highest BCUT2D eigenvalue weighted by atomic mass is 16.5. The first-order valence-electron chi connectivity index (χ1n) is 6.59. The van der Waals surface area contributed by atoms with Crippen molar-refractivity contribution in [1.82, 2.24) is 5.32 Å². The maximum Gasteiger partial charge on any atom is 0.220 e. The van der Waals surface area contributed by atoms with Crippen LogP contribution < -0.4 is 5.32 Å². The van der Waals surface area contributed by atoms with Crippen LogP contribution in [0.2, 0.25) is 0 Å². The second kappa shape index (κ2) is 10.9. The molecular formula is C13H27NO2. The summed E-state index contributed by atoms with van der Waals surface area (Å²) in [5, 5.41) is 2.91. The summed E-state index contributed by atoms with van der Waals surface area (Å²) < 4.78 is 5.58. The van der Waals surface area contributed by atoms with Crippen molar-refractivity contribution >= 4 is 5.91 Å². The van der Waals surface area contributed by atoms with Crippen molar-refractivity contribution in [2.24, 2.45) is 0 Å². The van der Waals surface area contributed by atoms with E-state index in [0.29, 0.717) is 6.42 Å². The Hall–Kier alpha value is -0.570. The largest absolute Gasteiger partial charge is 0.378 e. The van der Waals surface area contributed by atoms with Crippen LogP contribution in [0.15, 0.2) is 0 Å². The highest BCUT2D eigenvalue weighted by Gasteiger charge is 2.06. The van der Waals surface area contributed by atoms with Crippen LogP contribution in [0.3, 0.4) is 0 Å². The zero-order chi connectivity index (χ0) is 12.2. The summed E-state index contributed by atoms with van der Waals surface area (Å²) in [4.78, 5) is 11.4. The number of nitrogens with one attached hydrogen (secondary N) is 1. The maximum absolute atomic E-state index is 11.4. The fourth-order valence-electron chi connectivity index (χ4n) is 1.34. The van der Waals surface area contributed by atoms with Crippen LogP contribution in [-0.2, 0) is 9.53 Å². The van der Waals surface area contributed by atoms with Gasteiger partial charge < -0.3 is 10.1 Å². The lowest BCUT2D eigenvalue weighted by Crippen LogP contribution is -2.25. The summed E-state index contributed by atoms with van der Waals surface area (Å²) in [7, 11) is 0. The van der Waals surface area contributed by atoms with Gasteiger partial charge in [0, 0.05) is 19.6 Å². The molecular weight excluding hydrogens is 202 g/mol. The van der Waals surface area contributed by atoms with Gasteiger partial charge in [-0.1, -0.05) is 26.7 Å². The maximum atomic E-state index is 11.4. The third-order valence-electron chi connectivity index (χ3n) is 2.53. The van der Waals surface area contributed by atoms with Gasteiger partial charge in [-0.15, -0.1) is 0 Å². The predicted octanol–water partition coefficient (Wildman–Crippen LogP) is 2.89. The molecule has 0 fully saturated rings. The summed E-state index contributed by atoms with van der Waals surface area (Å²) in [6.07, 6.45) is 6.05. The quantitative estimate of drug-likeness (QED) is 0.585. The van der Waals surface area contributed by atoms with Crippen molar-refractivity contribution in [2.75, 3.05) is 13.2 Å². The van der Waals surface area contributed by atoms with Gasteiger partial charge in [0.05, 0.1) is 6.10 Å². The number of amides is 1. The Morgan fingerprint density at radius 1 is 1.25 bits per heavy atom. The molecule has 0 heterocycles. The standard InChI is InChI=1S/C13H27NO2/c1-4-6-10-14-13(15)9-8-12(3)16-11-7-5-2/h12H,4-11H2,1-3H3,(H,14,15). The van der Waals surface area contributed by atoms with E-state index in [1.165, 1.54) is 0 Å². The van der Waals surface area contributed by atoms with Gasteiger partial charge in [-0.05, 0) is 26.2 Å². The van der Waals surface area contributed by atoms with E-state index in [9.17, 15) is 4.79 Å². The van der Waals surface area contributed by atoms with E-state index < -0.39 is 0 Å². The molecule has 0 aromatic heterocycles. The third-order valence-corrected chi connectivity index (χ3v) is 2.53. The van der Waals surface area contributed by atoms with Crippen LogP contribution in [0.4, 0.5) is 0 Å². The van der Waals surface area contributed by atoms with E-state index in [-0.39, 0.29) is 12.0 Å². The Bertz CT molecular complexity index is 171. The van der Waals surface area contributed by atoms with Crippen LogP contribution in [0.25, 0.3) is 0 Å². The lowest BCUT2D eigenvalue weighted by Gasteiger charge is -2.12. The van der Waals surface area contributed by atoms with E-state index >= 15 is 0 Å². The summed E-state index contributed by atoms with van der Waals surface area (Å²) >= 11 is 0. The average molecular weight is 229 g/mol. The lowest BCUT2D eigenvalue weighted by molar-refractivity contribution is -0.121. The number of hydrogen-bond acceptors (Lipinski definition) is 2. The van der Waals surface area contributed by atoms with Crippen molar-refractivity contribution in [3.05, 3.63) is 0 Å². The van der Waals surface area contributed by atoms with Crippen LogP contribution >= 0.6 is 0 Å². The fourth-order valence-corrected chi connectivity index (χ4v) is 1.34. The van der Waals surface area contributed by atoms with Crippen LogP contribution in [0, 0.1) is 0 Å². The first kappa shape index (κ1) is 15.4. The SMILES string of the molecule is CCCCNC(=O)CCC(C)OCCCC. The smallest absolute Gasteiger partial charge is 0.220 e. The molecule has 1 N–H and O–H groups in total. The molecule has 3 nitrogen and oxygen atoms in total. The van der Waals surface area contributed by atoms with E-state index in [1.807, 2.05) is 6.92 Å². The Morgan fingerprint density at radius 2 is 1.94 bits per heavy atom. The fraction of sp³-hybridized carbons (Fsp3) is 0.923. The van der Waals surface area contributed by atoms with Gasteiger partial charge in [0.1, 0.15) is 0 Å². The molecule has 0 aliphatic carbocycles. The van der Waals surface area contributed by atoms with Crippen LogP contribution in [0.1, 0.15) is 59.3 Å². The number of unbranched alkanes of at least 4 members (excludes halogenated alkanes) is 2. The topological polar surface area (TPSA) is 38.3 Å². The Labute approximate surface area is 99.9 Å². The minimum absolute atomic E-state index is 0.152. The monoisotopic (exact) mass is 229 g/mol. The molecule has 0 bridgehead atoms. The van der Waals surface area contributed by atoms with E-state index in [0.717, 1.165) is 45.3 Å². The number of rotatable bonds is 10. The summed E-state index contributed by atoms with van der Waals surface area (Å²) in [5.74, 6) is 0.152.